The monoisotopic (exact) mass is 440 g/mol. The van der Waals surface area contributed by atoms with Crippen LogP contribution in [0.1, 0.15) is 32.0 Å². The van der Waals surface area contributed by atoms with E-state index in [-0.39, 0.29) is 29.6 Å². The van der Waals surface area contributed by atoms with Crippen molar-refractivity contribution < 1.29 is 9.59 Å². The van der Waals surface area contributed by atoms with Crippen LogP contribution in [0, 0.1) is 0 Å². The van der Waals surface area contributed by atoms with Gasteiger partial charge in [0.15, 0.2) is 5.69 Å². The second-order valence-corrected chi connectivity index (χ2v) is 7.78. The molecule has 7 heteroatoms. The van der Waals surface area contributed by atoms with Crippen LogP contribution in [0.4, 0.5) is 0 Å². The molecule has 0 aliphatic heterocycles. The van der Waals surface area contributed by atoms with Gasteiger partial charge in [0.2, 0.25) is 0 Å². The van der Waals surface area contributed by atoms with Crippen molar-refractivity contribution in [2.45, 2.75) is 13.1 Å². The Hall–Kier alpha value is -4.26. The van der Waals surface area contributed by atoms with Crippen molar-refractivity contribution in [1.82, 2.24) is 20.0 Å². The molecule has 0 atom stereocenters. The van der Waals surface area contributed by atoms with Crippen LogP contribution in [0.5, 0.6) is 0 Å². The molecule has 1 aromatic heterocycles. The molecule has 0 saturated heterocycles. The van der Waals surface area contributed by atoms with Crippen molar-refractivity contribution in [1.29, 1.82) is 0 Å². The highest BCUT2D eigenvalue weighted by molar-refractivity contribution is 6.04. The van der Waals surface area contributed by atoms with Gasteiger partial charge in [-0.3, -0.25) is 14.4 Å². The summed E-state index contributed by atoms with van der Waals surface area (Å²) in [6, 6.07) is 23.6. The van der Waals surface area contributed by atoms with E-state index in [1.54, 1.807) is 55.4 Å². The van der Waals surface area contributed by atoms with E-state index in [0.717, 1.165) is 11.1 Å². The highest BCUT2D eigenvalue weighted by Crippen LogP contribution is 2.17. The first-order valence-electron chi connectivity index (χ1n) is 10.6. The van der Waals surface area contributed by atoms with Crippen LogP contribution in [0.2, 0.25) is 0 Å². The van der Waals surface area contributed by atoms with Gasteiger partial charge in [-0.05, 0) is 29.3 Å². The van der Waals surface area contributed by atoms with Crippen molar-refractivity contribution in [2.24, 2.45) is 0 Å². The van der Waals surface area contributed by atoms with Crippen molar-refractivity contribution >= 4 is 22.6 Å². The Kier molecular flexibility index (Phi) is 6.31. The maximum absolute atomic E-state index is 13.4. The van der Waals surface area contributed by atoms with Gasteiger partial charge in [0.25, 0.3) is 17.4 Å². The molecular formula is C26H24N4O3. The maximum Gasteiger partial charge on any atom is 0.274 e. The number of rotatable bonds is 6. The molecule has 33 heavy (non-hydrogen) atoms. The van der Waals surface area contributed by atoms with Gasteiger partial charge in [-0.2, -0.15) is 5.10 Å². The summed E-state index contributed by atoms with van der Waals surface area (Å²) in [5.41, 5.74) is 2.34. The SMILES string of the molecule is CNC(=O)c1ccc(CN(C)C(=O)c2nn(Cc3ccccc3)c(=O)c3ccccc23)cc1. The number of carbonyl (C=O) groups is 2. The van der Waals surface area contributed by atoms with Gasteiger partial charge in [-0.25, -0.2) is 4.68 Å². The second-order valence-electron chi connectivity index (χ2n) is 7.78. The first kappa shape index (κ1) is 22.0. The Balaban J connectivity index is 1.66. The van der Waals surface area contributed by atoms with Crippen molar-refractivity contribution in [2.75, 3.05) is 14.1 Å². The first-order chi connectivity index (χ1) is 16.0. The van der Waals surface area contributed by atoms with Crippen LogP contribution in [-0.4, -0.2) is 40.6 Å². The minimum atomic E-state index is -0.289. The third kappa shape index (κ3) is 4.67. The summed E-state index contributed by atoms with van der Waals surface area (Å²) in [5, 5.41) is 8.03. The molecule has 4 aromatic rings. The second kappa shape index (κ2) is 9.48. The third-order valence-corrected chi connectivity index (χ3v) is 5.46. The summed E-state index contributed by atoms with van der Waals surface area (Å²) in [4.78, 5) is 39.7. The number of nitrogens with zero attached hydrogens (tertiary/aromatic N) is 3. The minimum Gasteiger partial charge on any atom is -0.355 e. The minimum absolute atomic E-state index is 0.165. The van der Waals surface area contributed by atoms with E-state index in [0.29, 0.717) is 22.9 Å². The highest BCUT2D eigenvalue weighted by atomic mass is 16.2. The van der Waals surface area contributed by atoms with E-state index >= 15 is 0 Å². The Labute approximate surface area is 191 Å². The fraction of sp³-hybridized carbons (Fsp3) is 0.154. The molecule has 0 aliphatic carbocycles. The third-order valence-electron chi connectivity index (χ3n) is 5.46. The zero-order chi connectivity index (χ0) is 23.4. The van der Waals surface area contributed by atoms with Crippen molar-refractivity contribution in [3.05, 3.63) is 112 Å². The lowest BCUT2D eigenvalue weighted by molar-refractivity contribution is 0.0778. The molecule has 0 spiro atoms. The molecule has 0 fully saturated rings. The lowest BCUT2D eigenvalue weighted by atomic mass is 10.1. The summed E-state index contributed by atoms with van der Waals surface area (Å²) < 4.78 is 1.34. The Bertz CT molecular complexity index is 1360. The summed E-state index contributed by atoms with van der Waals surface area (Å²) in [5.74, 6) is -0.453. The fourth-order valence-electron chi connectivity index (χ4n) is 3.69. The van der Waals surface area contributed by atoms with Gasteiger partial charge in [-0.15, -0.1) is 0 Å². The van der Waals surface area contributed by atoms with Gasteiger partial charge < -0.3 is 10.2 Å². The summed E-state index contributed by atoms with van der Waals surface area (Å²) >= 11 is 0. The van der Waals surface area contributed by atoms with Crippen LogP contribution < -0.4 is 10.9 Å². The smallest absolute Gasteiger partial charge is 0.274 e. The number of nitrogens with one attached hydrogen (secondary N) is 1. The summed E-state index contributed by atoms with van der Waals surface area (Å²) in [7, 11) is 3.27. The topological polar surface area (TPSA) is 84.3 Å². The average Bonchev–Trinajstić information content (AvgIpc) is 2.86. The summed E-state index contributed by atoms with van der Waals surface area (Å²) in [6.07, 6.45) is 0. The van der Waals surface area contributed by atoms with Crippen LogP contribution in [-0.2, 0) is 13.1 Å². The fourth-order valence-corrected chi connectivity index (χ4v) is 3.69. The molecule has 0 aliphatic rings. The molecule has 0 unspecified atom stereocenters. The molecule has 1 heterocycles. The normalized spacial score (nSPS) is 10.7. The first-order valence-corrected chi connectivity index (χ1v) is 10.6. The van der Waals surface area contributed by atoms with Gasteiger partial charge >= 0.3 is 0 Å². The molecular weight excluding hydrogens is 416 g/mol. The lowest BCUT2D eigenvalue weighted by Gasteiger charge is -2.19. The van der Waals surface area contributed by atoms with Crippen LogP contribution in [0.15, 0.2) is 83.7 Å². The Morgan fingerprint density at radius 1 is 0.879 bits per heavy atom. The van der Waals surface area contributed by atoms with Gasteiger partial charge in [-0.1, -0.05) is 60.7 Å². The molecule has 0 saturated carbocycles. The van der Waals surface area contributed by atoms with Gasteiger partial charge in [0.1, 0.15) is 0 Å². The predicted molar refractivity (Wildman–Crippen MR) is 127 cm³/mol. The Morgan fingerprint density at radius 3 is 2.18 bits per heavy atom. The number of hydrogen-bond acceptors (Lipinski definition) is 4. The van der Waals surface area contributed by atoms with E-state index in [1.165, 1.54) is 4.68 Å². The molecule has 3 aromatic carbocycles. The number of amides is 2. The lowest BCUT2D eigenvalue weighted by Crippen LogP contribution is -2.32. The predicted octanol–water partition coefficient (Wildman–Crippen LogP) is 3.08. The van der Waals surface area contributed by atoms with Crippen LogP contribution in [0.25, 0.3) is 10.8 Å². The van der Waals surface area contributed by atoms with E-state index in [9.17, 15) is 14.4 Å². The molecule has 0 radical (unpaired) electrons. The molecule has 7 nitrogen and oxygen atoms in total. The average molecular weight is 441 g/mol. The zero-order valence-corrected chi connectivity index (χ0v) is 18.5. The quantitative estimate of drug-likeness (QED) is 0.499. The van der Waals surface area contributed by atoms with Gasteiger partial charge in [0, 0.05) is 31.6 Å². The van der Waals surface area contributed by atoms with E-state index < -0.39 is 0 Å². The van der Waals surface area contributed by atoms with Crippen LogP contribution >= 0.6 is 0 Å². The molecule has 2 amide bonds. The Morgan fingerprint density at radius 2 is 1.52 bits per heavy atom. The van der Waals surface area contributed by atoms with E-state index in [2.05, 4.69) is 10.4 Å². The van der Waals surface area contributed by atoms with Crippen LogP contribution in [0.3, 0.4) is 0 Å². The number of aromatic nitrogens is 2. The molecule has 4 rings (SSSR count). The number of hydrogen-bond donors (Lipinski definition) is 1. The molecule has 166 valence electrons. The number of fused-ring (bicyclic) bond motifs is 1. The van der Waals surface area contributed by atoms with Crippen molar-refractivity contribution in [3.63, 3.8) is 0 Å². The van der Waals surface area contributed by atoms with Crippen molar-refractivity contribution in [3.8, 4) is 0 Å². The standard InChI is InChI=1S/C26H24N4O3/c1-27-24(31)20-14-12-19(13-15-20)16-29(2)26(33)23-21-10-6-7-11-22(21)25(32)30(28-23)17-18-8-4-3-5-9-18/h3-15H,16-17H2,1-2H3,(H,27,31). The van der Waals surface area contributed by atoms with Gasteiger partial charge in [0.05, 0.1) is 11.9 Å². The zero-order valence-electron chi connectivity index (χ0n) is 18.5. The molecule has 1 N–H and O–H groups in total. The maximum atomic E-state index is 13.4. The summed E-state index contributed by atoms with van der Waals surface area (Å²) in [6.45, 7) is 0.607. The molecule has 0 bridgehead atoms. The number of carbonyl (C=O) groups excluding carboxylic acids is 2. The largest absolute Gasteiger partial charge is 0.355 e. The highest BCUT2D eigenvalue weighted by Gasteiger charge is 2.20. The van der Waals surface area contributed by atoms with E-state index in [4.69, 9.17) is 0 Å². The van der Waals surface area contributed by atoms with E-state index in [1.807, 2.05) is 42.5 Å². The number of benzene rings is 3.